The third kappa shape index (κ3) is 3.54. The number of aromatic nitrogens is 2. The SMILES string of the molecule is COc1ccc(OC)c(CNCc2cn[nH]c2-c2ccc3c(c2)OCO3)c1. The van der Waals surface area contributed by atoms with E-state index in [-0.39, 0.29) is 6.79 Å². The molecule has 0 aliphatic carbocycles. The second-order valence-corrected chi connectivity index (χ2v) is 6.12. The van der Waals surface area contributed by atoms with Gasteiger partial charge in [-0.05, 0) is 36.4 Å². The molecule has 7 nitrogen and oxygen atoms in total. The largest absolute Gasteiger partial charge is 0.497 e. The summed E-state index contributed by atoms with van der Waals surface area (Å²) in [5.74, 6) is 3.15. The number of ether oxygens (including phenoxy) is 4. The number of methoxy groups -OCH3 is 2. The molecular formula is C20H21N3O4. The molecule has 0 saturated heterocycles. The van der Waals surface area contributed by atoms with Gasteiger partial charge in [0.05, 0.1) is 26.1 Å². The van der Waals surface area contributed by atoms with Crippen molar-refractivity contribution in [1.29, 1.82) is 0 Å². The van der Waals surface area contributed by atoms with Crippen molar-refractivity contribution in [2.45, 2.75) is 13.1 Å². The fourth-order valence-electron chi connectivity index (χ4n) is 3.10. The van der Waals surface area contributed by atoms with Crippen LogP contribution in [0.1, 0.15) is 11.1 Å². The number of hydrogen-bond acceptors (Lipinski definition) is 6. The number of aromatic amines is 1. The van der Waals surface area contributed by atoms with Gasteiger partial charge in [-0.1, -0.05) is 0 Å². The quantitative estimate of drug-likeness (QED) is 0.668. The van der Waals surface area contributed by atoms with Crippen LogP contribution in [0.25, 0.3) is 11.3 Å². The molecule has 1 aliphatic heterocycles. The summed E-state index contributed by atoms with van der Waals surface area (Å²) in [7, 11) is 3.32. The van der Waals surface area contributed by atoms with Crippen molar-refractivity contribution in [3.8, 4) is 34.3 Å². The van der Waals surface area contributed by atoms with E-state index in [2.05, 4.69) is 15.5 Å². The van der Waals surface area contributed by atoms with E-state index in [4.69, 9.17) is 18.9 Å². The molecule has 3 aromatic rings. The molecule has 0 radical (unpaired) electrons. The van der Waals surface area contributed by atoms with Gasteiger partial charge in [0.15, 0.2) is 11.5 Å². The van der Waals surface area contributed by atoms with Crippen LogP contribution in [-0.2, 0) is 13.1 Å². The Hall–Kier alpha value is -3.19. The highest BCUT2D eigenvalue weighted by Gasteiger charge is 2.16. The summed E-state index contributed by atoms with van der Waals surface area (Å²) >= 11 is 0. The van der Waals surface area contributed by atoms with E-state index < -0.39 is 0 Å². The Balaban J connectivity index is 1.47. The zero-order chi connectivity index (χ0) is 18.6. The lowest BCUT2D eigenvalue weighted by atomic mass is 10.1. The van der Waals surface area contributed by atoms with Crippen LogP contribution < -0.4 is 24.3 Å². The predicted molar refractivity (Wildman–Crippen MR) is 100 cm³/mol. The summed E-state index contributed by atoms with van der Waals surface area (Å²) in [6.45, 7) is 1.56. The summed E-state index contributed by atoms with van der Waals surface area (Å²) in [5, 5.41) is 10.7. The molecule has 0 spiro atoms. The molecule has 0 atom stereocenters. The van der Waals surface area contributed by atoms with Gasteiger partial charge in [-0.25, -0.2) is 0 Å². The summed E-state index contributed by atoms with van der Waals surface area (Å²) in [5.41, 5.74) is 4.06. The van der Waals surface area contributed by atoms with Gasteiger partial charge < -0.3 is 24.3 Å². The molecule has 2 N–H and O–H groups in total. The van der Waals surface area contributed by atoms with Gasteiger partial charge in [0.2, 0.25) is 6.79 Å². The number of nitrogens with one attached hydrogen (secondary N) is 2. The number of hydrogen-bond donors (Lipinski definition) is 2. The molecule has 27 heavy (non-hydrogen) atoms. The minimum atomic E-state index is 0.262. The Bertz CT molecular complexity index is 939. The van der Waals surface area contributed by atoms with Gasteiger partial charge in [0, 0.05) is 29.8 Å². The molecule has 2 heterocycles. The summed E-state index contributed by atoms with van der Waals surface area (Å²) in [4.78, 5) is 0. The highest BCUT2D eigenvalue weighted by molar-refractivity contribution is 5.66. The van der Waals surface area contributed by atoms with Gasteiger partial charge in [-0.15, -0.1) is 0 Å². The summed E-state index contributed by atoms with van der Waals surface area (Å²) < 4.78 is 21.6. The first-order chi connectivity index (χ1) is 13.3. The van der Waals surface area contributed by atoms with Crippen molar-refractivity contribution in [3.63, 3.8) is 0 Å². The molecule has 0 amide bonds. The Morgan fingerprint density at radius 2 is 1.85 bits per heavy atom. The first kappa shape index (κ1) is 17.2. The molecule has 0 bridgehead atoms. The van der Waals surface area contributed by atoms with Gasteiger partial charge >= 0.3 is 0 Å². The van der Waals surface area contributed by atoms with Crippen molar-refractivity contribution >= 4 is 0 Å². The molecule has 1 aromatic heterocycles. The van der Waals surface area contributed by atoms with Crippen LogP contribution in [0.4, 0.5) is 0 Å². The maximum Gasteiger partial charge on any atom is 0.231 e. The van der Waals surface area contributed by atoms with Gasteiger partial charge in [-0.2, -0.15) is 5.10 Å². The van der Waals surface area contributed by atoms with Crippen molar-refractivity contribution in [3.05, 3.63) is 53.7 Å². The number of H-pyrrole nitrogens is 1. The molecular weight excluding hydrogens is 346 g/mol. The highest BCUT2D eigenvalue weighted by atomic mass is 16.7. The van der Waals surface area contributed by atoms with Gasteiger partial charge in [-0.3, -0.25) is 5.10 Å². The zero-order valence-corrected chi connectivity index (χ0v) is 15.2. The van der Waals surface area contributed by atoms with Crippen LogP contribution in [-0.4, -0.2) is 31.2 Å². The number of nitrogens with zero attached hydrogens (tertiary/aromatic N) is 1. The molecule has 0 unspecified atom stereocenters. The van der Waals surface area contributed by atoms with Crippen LogP contribution >= 0.6 is 0 Å². The van der Waals surface area contributed by atoms with Crippen LogP contribution in [0.5, 0.6) is 23.0 Å². The molecule has 4 rings (SSSR count). The van der Waals surface area contributed by atoms with Gasteiger partial charge in [0.1, 0.15) is 11.5 Å². The van der Waals surface area contributed by atoms with E-state index in [9.17, 15) is 0 Å². The van der Waals surface area contributed by atoms with E-state index >= 15 is 0 Å². The van der Waals surface area contributed by atoms with E-state index in [0.717, 1.165) is 45.4 Å². The Labute approximate surface area is 157 Å². The first-order valence-corrected chi connectivity index (χ1v) is 8.62. The second kappa shape index (κ2) is 7.59. The van der Waals surface area contributed by atoms with Crippen molar-refractivity contribution in [2.75, 3.05) is 21.0 Å². The first-order valence-electron chi connectivity index (χ1n) is 8.62. The predicted octanol–water partition coefficient (Wildman–Crippen LogP) is 3.11. The molecule has 0 saturated carbocycles. The minimum absolute atomic E-state index is 0.262. The maximum absolute atomic E-state index is 5.47. The van der Waals surface area contributed by atoms with Crippen LogP contribution in [0, 0.1) is 0 Å². The zero-order valence-electron chi connectivity index (χ0n) is 15.2. The van der Waals surface area contributed by atoms with E-state index in [1.165, 1.54) is 0 Å². The molecule has 0 fully saturated rings. The molecule has 1 aliphatic rings. The molecule has 7 heteroatoms. The van der Waals surface area contributed by atoms with Gasteiger partial charge in [0.25, 0.3) is 0 Å². The molecule has 140 valence electrons. The minimum Gasteiger partial charge on any atom is -0.497 e. The lowest BCUT2D eigenvalue weighted by molar-refractivity contribution is 0.174. The van der Waals surface area contributed by atoms with E-state index in [0.29, 0.717) is 13.1 Å². The standard InChI is InChI=1S/C20H21N3O4/c1-24-16-4-6-17(25-2)14(7-16)9-21-10-15-11-22-23-20(15)13-3-5-18-19(8-13)27-12-26-18/h3-8,11,21H,9-10,12H2,1-2H3,(H,22,23). The monoisotopic (exact) mass is 367 g/mol. The number of rotatable bonds is 7. The number of fused-ring (bicyclic) bond motifs is 1. The lowest BCUT2D eigenvalue weighted by Gasteiger charge is -2.11. The van der Waals surface area contributed by atoms with E-state index in [1.54, 1.807) is 14.2 Å². The maximum atomic E-state index is 5.47. The van der Waals surface area contributed by atoms with Crippen molar-refractivity contribution in [1.82, 2.24) is 15.5 Å². The Morgan fingerprint density at radius 3 is 2.70 bits per heavy atom. The number of benzene rings is 2. The lowest BCUT2D eigenvalue weighted by Crippen LogP contribution is -2.13. The van der Waals surface area contributed by atoms with E-state index in [1.807, 2.05) is 42.6 Å². The normalized spacial score (nSPS) is 12.2. The van der Waals surface area contributed by atoms with Crippen molar-refractivity contribution in [2.24, 2.45) is 0 Å². The summed E-state index contributed by atoms with van der Waals surface area (Å²) in [6.07, 6.45) is 1.83. The Kier molecular flexibility index (Phi) is 4.84. The summed E-state index contributed by atoms with van der Waals surface area (Å²) in [6, 6.07) is 11.6. The van der Waals surface area contributed by atoms with Crippen molar-refractivity contribution < 1.29 is 18.9 Å². The fourth-order valence-corrected chi connectivity index (χ4v) is 3.10. The van der Waals surface area contributed by atoms with Crippen LogP contribution in [0.3, 0.4) is 0 Å². The smallest absolute Gasteiger partial charge is 0.231 e. The third-order valence-corrected chi connectivity index (χ3v) is 4.50. The van der Waals surface area contributed by atoms with Crippen LogP contribution in [0.2, 0.25) is 0 Å². The average Bonchev–Trinajstić information content (AvgIpc) is 3.36. The second-order valence-electron chi connectivity index (χ2n) is 6.12. The topological polar surface area (TPSA) is 77.6 Å². The Morgan fingerprint density at radius 1 is 1.00 bits per heavy atom. The average molecular weight is 367 g/mol. The highest BCUT2D eigenvalue weighted by Crippen LogP contribution is 2.36. The third-order valence-electron chi connectivity index (χ3n) is 4.50. The molecule has 2 aromatic carbocycles. The fraction of sp³-hybridized carbons (Fsp3) is 0.250. The van der Waals surface area contributed by atoms with Crippen LogP contribution in [0.15, 0.2) is 42.6 Å².